The molecule has 2 unspecified atom stereocenters. The molecule has 2 atom stereocenters. The zero-order valence-corrected chi connectivity index (χ0v) is 18.3. The van der Waals surface area contributed by atoms with E-state index in [2.05, 4.69) is 91.1 Å². The SMILES string of the molecule is OC(c1ccccc1)(c1ccccc1)C1([Se]c2ccccc2)C2C=CC=CC1C=C2. The van der Waals surface area contributed by atoms with Crippen LogP contribution in [0.1, 0.15) is 11.1 Å². The Morgan fingerprint density at radius 1 is 0.600 bits per heavy atom. The zero-order chi connectivity index (χ0) is 20.4. The third-order valence-corrected chi connectivity index (χ3v) is 9.78. The van der Waals surface area contributed by atoms with Crippen molar-refractivity contribution in [1.29, 1.82) is 0 Å². The van der Waals surface area contributed by atoms with Crippen LogP contribution in [0.4, 0.5) is 0 Å². The van der Waals surface area contributed by atoms with Gasteiger partial charge in [-0.1, -0.05) is 0 Å². The normalized spacial score (nSPS) is 24.7. The summed E-state index contributed by atoms with van der Waals surface area (Å²) in [5.41, 5.74) is 0.774. The molecule has 2 heteroatoms. The van der Waals surface area contributed by atoms with E-state index in [-0.39, 0.29) is 26.8 Å². The van der Waals surface area contributed by atoms with E-state index in [0.717, 1.165) is 11.1 Å². The molecule has 0 heterocycles. The molecule has 0 saturated carbocycles. The molecule has 0 spiro atoms. The second-order valence-corrected chi connectivity index (χ2v) is 10.7. The van der Waals surface area contributed by atoms with Crippen LogP contribution in [0.25, 0.3) is 0 Å². The summed E-state index contributed by atoms with van der Waals surface area (Å²) in [5, 5.41) is 12.9. The maximum absolute atomic E-state index is 12.9. The Morgan fingerprint density at radius 2 is 1.03 bits per heavy atom. The average Bonchev–Trinajstić information content (AvgIpc) is 3.04. The molecule has 0 amide bonds. The first-order valence-electron chi connectivity index (χ1n) is 10.4. The quantitative estimate of drug-likeness (QED) is 0.422. The molecule has 0 radical (unpaired) electrons. The van der Waals surface area contributed by atoms with Crippen molar-refractivity contribution in [3.05, 3.63) is 139 Å². The summed E-state index contributed by atoms with van der Waals surface area (Å²) in [5.74, 6) is 0.284. The molecule has 2 aliphatic carbocycles. The van der Waals surface area contributed by atoms with Crippen LogP contribution in [0.2, 0.25) is 4.31 Å². The monoisotopic (exact) mass is 456 g/mol. The predicted octanol–water partition coefficient (Wildman–Crippen LogP) is 5.04. The van der Waals surface area contributed by atoms with E-state index in [1.54, 1.807) is 0 Å². The summed E-state index contributed by atoms with van der Waals surface area (Å²) >= 11 is 0.00649. The van der Waals surface area contributed by atoms with Gasteiger partial charge in [-0.05, 0) is 0 Å². The minimum atomic E-state index is -1.14. The summed E-state index contributed by atoms with van der Waals surface area (Å²) in [6, 6.07) is 31.1. The van der Waals surface area contributed by atoms with Crippen molar-refractivity contribution in [2.45, 2.75) is 9.91 Å². The fourth-order valence-electron chi connectivity index (χ4n) is 4.88. The van der Waals surface area contributed by atoms with Gasteiger partial charge in [0.05, 0.1) is 0 Å². The Balaban J connectivity index is 1.80. The topological polar surface area (TPSA) is 20.2 Å². The first-order valence-corrected chi connectivity index (χ1v) is 12.1. The summed E-state index contributed by atoms with van der Waals surface area (Å²) in [6.45, 7) is 0. The number of aliphatic hydroxyl groups is 1. The van der Waals surface area contributed by atoms with Crippen LogP contribution in [-0.2, 0) is 5.60 Å². The van der Waals surface area contributed by atoms with Crippen molar-refractivity contribution in [1.82, 2.24) is 0 Å². The molecule has 0 aromatic heterocycles. The molecule has 0 fully saturated rings. The first kappa shape index (κ1) is 19.3. The molecular formula is C28H24OSe. The summed E-state index contributed by atoms with van der Waals surface area (Å²) in [7, 11) is 0. The Kier molecular flexibility index (Phi) is 5.08. The Hall–Kier alpha value is -2.64. The van der Waals surface area contributed by atoms with Gasteiger partial charge in [-0.25, -0.2) is 0 Å². The molecule has 1 nitrogen and oxygen atoms in total. The van der Waals surface area contributed by atoms with Crippen molar-refractivity contribution in [3.63, 3.8) is 0 Å². The van der Waals surface area contributed by atoms with Crippen molar-refractivity contribution < 1.29 is 5.11 Å². The van der Waals surface area contributed by atoms with Gasteiger partial charge in [0.25, 0.3) is 0 Å². The molecule has 30 heavy (non-hydrogen) atoms. The molecule has 0 saturated heterocycles. The molecular weight excluding hydrogens is 431 g/mol. The number of fused-ring (bicyclic) bond motifs is 2. The second kappa shape index (κ2) is 7.89. The molecule has 3 aromatic carbocycles. The second-order valence-electron chi connectivity index (χ2n) is 7.86. The van der Waals surface area contributed by atoms with E-state index < -0.39 is 9.91 Å². The Labute approximate surface area is 184 Å². The van der Waals surface area contributed by atoms with Crippen LogP contribution in [0, 0.1) is 11.8 Å². The van der Waals surface area contributed by atoms with Crippen LogP contribution < -0.4 is 4.46 Å². The van der Waals surface area contributed by atoms with Crippen LogP contribution in [0.3, 0.4) is 0 Å². The van der Waals surface area contributed by atoms with Gasteiger partial charge in [-0.2, -0.15) is 0 Å². The van der Waals surface area contributed by atoms with E-state index in [1.807, 2.05) is 36.4 Å². The van der Waals surface area contributed by atoms with E-state index in [0.29, 0.717) is 0 Å². The minimum absolute atomic E-state index is 0.00649. The Morgan fingerprint density at radius 3 is 1.50 bits per heavy atom. The molecule has 5 rings (SSSR count). The maximum atomic E-state index is 12.9. The fraction of sp³-hybridized carbons (Fsp3) is 0.143. The van der Waals surface area contributed by atoms with Gasteiger partial charge in [0.2, 0.25) is 0 Å². The fourth-order valence-corrected chi connectivity index (χ4v) is 8.35. The van der Waals surface area contributed by atoms with Gasteiger partial charge in [-0.15, -0.1) is 0 Å². The van der Waals surface area contributed by atoms with E-state index in [1.165, 1.54) is 4.46 Å². The molecule has 3 aromatic rings. The Bertz CT molecular complexity index is 1020. The van der Waals surface area contributed by atoms with Crippen LogP contribution in [0.5, 0.6) is 0 Å². The summed E-state index contributed by atoms with van der Waals surface area (Å²) in [6.07, 6.45) is 13.4. The van der Waals surface area contributed by atoms with Gasteiger partial charge in [0.15, 0.2) is 0 Å². The van der Waals surface area contributed by atoms with Crippen molar-refractivity contribution in [2.24, 2.45) is 11.8 Å². The average molecular weight is 455 g/mol. The number of benzene rings is 3. The zero-order valence-electron chi connectivity index (χ0n) is 16.6. The standard InChI is InChI=1S/C28H24OSe/c29-27(22-12-4-1-5-13-22,23-14-6-2-7-15-23)28(30-26-18-8-3-9-19-26)24-16-10-11-17-25(28)21-20-24/h1-21,24-25,29H. The molecule has 148 valence electrons. The third kappa shape index (κ3) is 2.96. The van der Waals surface area contributed by atoms with Crippen molar-refractivity contribution >= 4 is 19.4 Å². The van der Waals surface area contributed by atoms with Crippen LogP contribution >= 0.6 is 0 Å². The summed E-state index contributed by atoms with van der Waals surface area (Å²) < 4.78 is 0.894. The van der Waals surface area contributed by atoms with Gasteiger partial charge in [0.1, 0.15) is 0 Å². The van der Waals surface area contributed by atoms with Gasteiger partial charge < -0.3 is 0 Å². The van der Waals surface area contributed by atoms with E-state index in [4.69, 9.17) is 0 Å². The number of hydrogen-bond donors (Lipinski definition) is 1. The van der Waals surface area contributed by atoms with Gasteiger partial charge >= 0.3 is 185 Å². The third-order valence-electron chi connectivity index (χ3n) is 6.24. The first-order chi connectivity index (χ1) is 14.7. The number of hydrogen-bond acceptors (Lipinski definition) is 1. The van der Waals surface area contributed by atoms with Gasteiger partial charge in [0, 0.05) is 0 Å². The van der Waals surface area contributed by atoms with E-state index in [9.17, 15) is 5.11 Å². The molecule has 1 N–H and O–H groups in total. The number of rotatable bonds is 5. The molecule has 0 aliphatic heterocycles. The summed E-state index contributed by atoms with van der Waals surface area (Å²) in [4.78, 5) is 0. The van der Waals surface area contributed by atoms with Crippen LogP contribution in [-0.4, -0.2) is 20.1 Å². The molecule has 2 bridgehead atoms. The van der Waals surface area contributed by atoms with Gasteiger partial charge in [-0.3, -0.25) is 0 Å². The molecule has 2 aliphatic rings. The van der Waals surface area contributed by atoms with E-state index >= 15 is 0 Å². The van der Waals surface area contributed by atoms with Crippen molar-refractivity contribution in [2.75, 3.05) is 0 Å². The van der Waals surface area contributed by atoms with Crippen LogP contribution in [0.15, 0.2) is 127 Å². The predicted molar refractivity (Wildman–Crippen MR) is 125 cm³/mol. The van der Waals surface area contributed by atoms with Crippen molar-refractivity contribution in [3.8, 4) is 0 Å². The number of allylic oxidation sites excluding steroid dienone is 6.